The number of carbonyl (C=O) groups is 1. The number of carbonyl (C=O) groups excluding carboxylic acids is 1. The molecular formula is C9H17N3O. The highest BCUT2D eigenvalue weighted by Crippen LogP contribution is 1.95. The lowest BCUT2D eigenvalue weighted by atomic mass is 10.1. The van der Waals surface area contributed by atoms with Gasteiger partial charge in [0.15, 0.2) is 0 Å². The Balaban J connectivity index is 3.23. The van der Waals surface area contributed by atoms with Crippen LogP contribution in [-0.2, 0) is 4.79 Å². The van der Waals surface area contributed by atoms with Gasteiger partial charge in [-0.2, -0.15) is 5.26 Å². The minimum absolute atomic E-state index is 0.0880. The van der Waals surface area contributed by atoms with Crippen LogP contribution in [0.5, 0.6) is 0 Å². The number of amides is 1. The maximum absolute atomic E-state index is 10.9. The van der Waals surface area contributed by atoms with Crippen LogP contribution in [0.3, 0.4) is 0 Å². The minimum Gasteiger partial charge on any atom is -0.342 e. The summed E-state index contributed by atoms with van der Waals surface area (Å²) < 4.78 is 0. The average molecular weight is 183 g/mol. The molecule has 0 radical (unpaired) electrons. The molecule has 0 heterocycles. The molecule has 13 heavy (non-hydrogen) atoms. The molecule has 0 aromatic rings. The van der Waals surface area contributed by atoms with Crippen molar-refractivity contribution in [1.82, 2.24) is 10.6 Å². The molecule has 0 rings (SSSR count). The van der Waals surface area contributed by atoms with Crippen molar-refractivity contribution in [2.24, 2.45) is 5.92 Å². The van der Waals surface area contributed by atoms with E-state index in [1.807, 2.05) is 6.07 Å². The van der Waals surface area contributed by atoms with Gasteiger partial charge in [0.1, 0.15) is 6.54 Å². The van der Waals surface area contributed by atoms with Crippen LogP contribution >= 0.6 is 0 Å². The second-order valence-electron chi connectivity index (χ2n) is 3.29. The maximum Gasteiger partial charge on any atom is 0.234 e. The molecule has 0 spiro atoms. The van der Waals surface area contributed by atoms with Crippen LogP contribution in [0.4, 0.5) is 0 Å². The van der Waals surface area contributed by atoms with E-state index in [-0.39, 0.29) is 12.5 Å². The van der Waals surface area contributed by atoms with E-state index in [2.05, 4.69) is 24.5 Å². The van der Waals surface area contributed by atoms with Gasteiger partial charge in [-0.25, -0.2) is 0 Å². The normalized spacial score (nSPS) is 9.69. The van der Waals surface area contributed by atoms with E-state index in [4.69, 9.17) is 5.26 Å². The van der Waals surface area contributed by atoms with Crippen molar-refractivity contribution in [1.29, 1.82) is 5.26 Å². The number of nitriles is 1. The number of nitrogens with zero attached hydrogens (tertiary/aromatic N) is 1. The Morgan fingerprint density at radius 1 is 1.54 bits per heavy atom. The van der Waals surface area contributed by atoms with Crippen LogP contribution < -0.4 is 10.6 Å². The quantitative estimate of drug-likeness (QED) is 0.458. The van der Waals surface area contributed by atoms with Crippen LogP contribution in [0.1, 0.15) is 20.3 Å². The molecule has 0 atom stereocenters. The third-order valence-corrected chi connectivity index (χ3v) is 1.55. The Labute approximate surface area is 79.3 Å². The molecule has 1 amide bonds. The monoisotopic (exact) mass is 183 g/mol. The molecule has 2 N–H and O–H groups in total. The zero-order valence-corrected chi connectivity index (χ0v) is 8.26. The Bertz CT molecular complexity index is 184. The van der Waals surface area contributed by atoms with E-state index in [1.54, 1.807) is 0 Å². The first-order valence-corrected chi connectivity index (χ1v) is 4.51. The molecule has 4 nitrogen and oxygen atoms in total. The number of hydrogen-bond acceptors (Lipinski definition) is 3. The van der Waals surface area contributed by atoms with E-state index in [0.717, 1.165) is 13.0 Å². The number of hydrogen-bond donors (Lipinski definition) is 2. The van der Waals surface area contributed by atoms with E-state index >= 15 is 0 Å². The molecule has 0 aromatic carbocycles. The molecule has 0 aromatic heterocycles. The first-order valence-electron chi connectivity index (χ1n) is 4.51. The maximum atomic E-state index is 10.9. The lowest BCUT2D eigenvalue weighted by Crippen LogP contribution is -2.34. The summed E-state index contributed by atoms with van der Waals surface area (Å²) in [6.07, 6.45) is 1.06. The van der Waals surface area contributed by atoms with E-state index in [0.29, 0.717) is 12.5 Å². The van der Waals surface area contributed by atoms with Gasteiger partial charge in [-0.3, -0.25) is 4.79 Å². The molecule has 0 aliphatic rings. The van der Waals surface area contributed by atoms with Gasteiger partial charge in [-0.05, 0) is 18.9 Å². The average Bonchev–Trinajstić information content (AvgIpc) is 2.08. The summed E-state index contributed by atoms with van der Waals surface area (Å²) in [5.74, 6) is 0.528. The summed E-state index contributed by atoms with van der Waals surface area (Å²) >= 11 is 0. The van der Waals surface area contributed by atoms with Gasteiger partial charge in [-0.1, -0.05) is 13.8 Å². The fourth-order valence-corrected chi connectivity index (χ4v) is 0.793. The van der Waals surface area contributed by atoms with Crippen LogP contribution in [0.25, 0.3) is 0 Å². The first kappa shape index (κ1) is 11.9. The lowest BCUT2D eigenvalue weighted by molar-refractivity contribution is -0.120. The van der Waals surface area contributed by atoms with Gasteiger partial charge in [0.25, 0.3) is 0 Å². The highest BCUT2D eigenvalue weighted by Gasteiger charge is 1.98. The molecule has 0 bridgehead atoms. The Morgan fingerprint density at radius 2 is 2.23 bits per heavy atom. The summed E-state index contributed by atoms with van der Waals surface area (Å²) in [7, 11) is 0. The van der Waals surface area contributed by atoms with Crippen molar-refractivity contribution in [3.05, 3.63) is 0 Å². The second-order valence-corrected chi connectivity index (χ2v) is 3.29. The van der Waals surface area contributed by atoms with Gasteiger partial charge < -0.3 is 10.6 Å². The van der Waals surface area contributed by atoms with Crippen LogP contribution in [0.15, 0.2) is 0 Å². The zero-order chi connectivity index (χ0) is 10.1. The van der Waals surface area contributed by atoms with Gasteiger partial charge in [0, 0.05) is 0 Å². The predicted molar refractivity (Wildman–Crippen MR) is 50.9 cm³/mol. The van der Waals surface area contributed by atoms with Crippen LogP contribution in [0, 0.1) is 17.2 Å². The summed E-state index contributed by atoms with van der Waals surface area (Å²) in [5, 5.41) is 13.6. The van der Waals surface area contributed by atoms with E-state index < -0.39 is 0 Å². The molecule has 0 saturated carbocycles. The van der Waals surface area contributed by atoms with Crippen molar-refractivity contribution in [3.63, 3.8) is 0 Å². The third-order valence-electron chi connectivity index (χ3n) is 1.55. The molecule has 0 aliphatic carbocycles. The van der Waals surface area contributed by atoms with Gasteiger partial charge in [-0.15, -0.1) is 0 Å². The molecule has 4 heteroatoms. The molecule has 0 unspecified atom stereocenters. The van der Waals surface area contributed by atoms with Crippen molar-refractivity contribution < 1.29 is 4.79 Å². The van der Waals surface area contributed by atoms with Crippen molar-refractivity contribution in [3.8, 4) is 6.07 Å². The van der Waals surface area contributed by atoms with E-state index in [1.165, 1.54) is 0 Å². The lowest BCUT2D eigenvalue weighted by Gasteiger charge is -2.05. The SMILES string of the molecule is CC(C)CCNCC(=O)NCC#N. The summed E-state index contributed by atoms with van der Waals surface area (Å²) in [6, 6.07) is 1.85. The Hall–Kier alpha value is -1.08. The van der Waals surface area contributed by atoms with E-state index in [9.17, 15) is 4.79 Å². The number of nitrogens with one attached hydrogen (secondary N) is 2. The highest BCUT2D eigenvalue weighted by molar-refractivity contribution is 5.78. The fraction of sp³-hybridized carbons (Fsp3) is 0.778. The van der Waals surface area contributed by atoms with Gasteiger partial charge in [0.05, 0.1) is 12.6 Å². The Kier molecular flexibility index (Phi) is 6.93. The highest BCUT2D eigenvalue weighted by atomic mass is 16.1. The van der Waals surface area contributed by atoms with Crippen molar-refractivity contribution in [2.75, 3.05) is 19.6 Å². The van der Waals surface area contributed by atoms with Gasteiger partial charge in [0.2, 0.25) is 5.91 Å². The fourth-order valence-electron chi connectivity index (χ4n) is 0.793. The topological polar surface area (TPSA) is 64.9 Å². The van der Waals surface area contributed by atoms with Gasteiger partial charge >= 0.3 is 0 Å². The summed E-state index contributed by atoms with van der Waals surface area (Å²) in [5.41, 5.74) is 0. The second kappa shape index (κ2) is 7.56. The number of rotatable bonds is 6. The molecular weight excluding hydrogens is 166 g/mol. The largest absolute Gasteiger partial charge is 0.342 e. The third kappa shape index (κ3) is 8.83. The zero-order valence-electron chi connectivity index (χ0n) is 8.26. The summed E-state index contributed by atoms with van der Waals surface area (Å²) in [6.45, 7) is 5.51. The van der Waals surface area contributed by atoms with Crippen LogP contribution in [0.2, 0.25) is 0 Å². The standard InChI is InChI=1S/C9H17N3O/c1-8(2)3-5-11-7-9(13)12-6-4-10/h8,11H,3,5-7H2,1-2H3,(H,12,13). The van der Waals surface area contributed by atoms with Crippen molar-refractivity contribution >= 4 is 5.91 Å². The van der Waals surface area contributed by atoms with Crippen molar-refractivity contribution in [2.45, 2.75) is 20.3 Å². The molecule has 0 aliphatic heterocycles. The molecule has 74 valence electrons. The molecule has 0 fully saturated rings. The predicted octanol–water partition coefficient (Wildman–Crippen LogP) is 0.262. The van der Waals surface area contributed by atoms with Crippen LogP contribution in [-0.4, -0.2) is 25.5 Å². The Morgan fingerprint density at radius 3 is 2.77 bits per heavy atom. The summed E-state index contributed by atoms with van der Waals surface area (Å²) in [4.78, 5) is 10.9. The smallest absolute Gasteiger partial charge is 0.234 e. The minimum atomic E-state index is -0.120. The molecule has 0 saturated heterocycles. The first-order chi connectivity index (χ1) is 6.16.